The Hall–Kier alpha value is -0.0800. The highest BCUT2D eigenvalue weighted by Gasteiger charge is 2.19. The topological polar surface area (TPSA) is 29.3 Å². The summed E-state index contributed by atoms with van der Waals surface area (Å²) < 4.78 is 0. The molecule has 2 N–H and O–H groups in total. The summed E-state index contributed by atoms with van der Waals surface area (Å²) in [5, 5.41) is 0. The zero-order valence-electron chi connectivity index (χ0n) is 10.4. The minimum Gasteiger partial charge on any atom is -0.330 e. The maximum absolute atomic E-state index is 5.49. The minimum atomic E-state index is 0.862. The predicted octanol–water partition coefficient (Wildman–Crippen LogP) is 2.77. The summed E-state index contributed by atoms with van der Waals surface area (Å²) in [6, 6.07) is 0.883. The van der Waals surface area contributed by atoms with Crippen molar-refractivity contribution in [3.05, 3.63) is 0 Å². The summed E-state index contributed by atoms with van der Waals surface area (Å²) in [7, 11) is 0. The van der Waals surface area contributed by atoms with Crippen LogP contribution in [0.1, 0.15) is 58.3 Å². The maximum atomic E-state index is 5.49. The van der Waals surface area contributed by atoms with Crippen molar-refractivity contribution in [2.45, 2.75) is 64.3 Å². The molecule has 0 aromatic carbocycles. The lowest BCUT2D eigenvalue weighted by atomic mass is 9.99. The molecule has 2 nitrogen and oxygen atoms in total. The average Bonchev–Trinajstić information content (AvgIpc) is 2.29. The molecule has 1 saturated heterocycles. The van der Waals surface area contributed by atoms with E-state index in [1.807, 2.05) is 0 Å². The molecule has 0 bridgehead atoms. The van der Waals surface area contributed by atoms with Crippen LogP contribution in [0.5, 0.6) is 0 Å². The molecular weight excluding hydrogens is 184 g/mol. The number of nitrogens with two attached hydrogens (primary N) is 1. The van der Waals surface area contributed by atoms with E-state index in [-0.39, 0.29) is 0 Å². The van der Waals surface area contributed by atoms with E-state index < -0.39 is 0 Å². The molecule has 2 heteroatoms. The highest BCUT2D eigenvalue weighted by atomic mass is 15.2. The van der Waals surface area contributed by atoms with E-state index in [0.29, 0.717) is 0 Å². The maximum Gasteiger partial charge on any atom is 0.00926 e. The SMILES string of the molecule is CC[C@@H]1CCCCN1CCCCCCN. The van der Waals surface area contributed by atoms with Crippen molar-refractivity contribution in [2.24, 2.45) is 5.73 Å². The highest BCUT2D eigenvalue weighted by Crippen LogP contribution is 2.19. The van der Waals surface area contributed by atoms with Gasteiger partial charge in [-0.3, -0.25) is 0 Å². The Morgan fingerprint density at radius 1 is 1.13 bits per heavy atom. The second-order valence-electron chi connectivity index (χ2n) is 4.80. The number of nitrogens with zero attached hydrogens (tertiary/aromatic N) is 1. The van der Waals surface area contributed by atoms with Crippen molar-refractivity contribution in [3.8, 4) is 0 Å². The third kappa shape index (κ3) is 4.98. The van der Waals surface area contributed by atoms with Crippen LogP contribution < -0.4 is 5.73 Å². The van der Waals surface area contributed by atoms with E-state index >= 15 is 0 Å². The van der Waals surface area contributed by atoms with E-state index in [1.165, 1.54) is 64.5 Å². The Bertz CT molecular complexity index is 147. The lowest BCUT2D eigenvalue weighted by Crippen LogP contribution is -2.39. The van der Waals surface area contributed by atoms with E-state index in [2.05, 4.69) is 11.8 Å². The van der Waals surface area contributed by atoms with Gasteiger partial charge in [-0.25, -0.2) is 0 Å². The summed E-state index contributed by atoms with van der Waals surface area (Å²) in [5.74, 6) is 0. The van der Waals surface area contributed by atoms with Crippen LogP contribution >= 0.6 is 0 Å². The lowest BCUT2D eigenvalue weighted by molar-refractivity contribution is 0.141. The highest BCUT2D eigenvalue weighted by molar-refractivity contribution is 4.75. The van der Waals surface area contributed by atoms with Gasteiger partial charge >= 0.3 is 0 Å². The van der Waals surface area contributed by atoms with Crippen molar-refractivity contribution >= 4 is 0 Å². The monoisotopic (exact) mass is 212 g/mol. The molecule has 0 radical (unpaired) electrons. The summed E-state index contributed by atoms with van der Waals surface area (Å²) >= 11 is 0. The van der Waals surface area contributed by atoms with Crippen LogP contribution in [-0.4, -0.2) is 30.6 Å². The van der Waals surface area contributed by atoms with Gasteiger partial charge in [0, 0.05) is 6.04 Å². The van der Waals surface area contributed by atoms with Gasteiger partial charge in [0.25, 0.3) is 0 Å². The first-order valence-electron chi connectivity index (χ1n) is 6.82. The van der Waals surface area contributed by atoms with Gasteiger partial charge in [-0.05, 0) is 51.7 Å². The molecule has 0 aromatic heterocycles. The molecule has 1 aliphatic heterocycles. The van der Waals surface area contributed by atoms with Crippen LogP contribution in [0, 0.1) is 0 Å². The van der Waals surface area contributed by atoms with Crippen LogP contribution in [-0.2, 0) is 0 Å². The third-order valence-electron chi connectivity index (χ3n) is 3.62. The number of piperidine rings is 1. The van der Waals surface area contributed by atoms with Crippen molar-refractivity contribution in [2.75, 3.05) is 19.6 Å². The number of rotatable bonds is 7. The minimum absolute atomic E-state index is 0.862. The quantitative estimate of drug-likeness (QED) is 0.658. The van der Waals surface area contributed by atoms with Crippen LogP contribution in [0.2, 0.25) is 0 Å². The Balaban J connectivity index is 2.07. The van der Waals surface area contributed by atoms with E-state index in [0.717, 1.165) is 12.6 Å². The number of likely N-dealkylation sites (tertiary alicyclic amines) is 1. The molecule has 0 unspecified atom stereocenters. The molecule has 1 aliphatic rings. The van der Waals surface area contributed by atoms with E-state index in [4.69, 9.17) is 5.73 Å². The molecule has 1 heterocycles. The van der Waals surface area contributed by atoms with Crippen molar-refractivity contribution < 1.29 is 0 Å². The normalized spacial score (nSPS) is 23.2. The largest absolute Gasteiger partial charge is 0.330 e. The smallest absolute Gasteiger partial charge is 0.00926 e. The molecule has 0 aliphatic carbocycles. The number of hydrogen-bond acceptors (Lipinski definition) is 2. The summed E-state index contributed by atoms with van der Waals surface area (Å²) in [6.45, 7) is 5.86. The van der Waals surface area contributed by atoms with Crippen molar-refractivity contribution in [1.29, 1.82) is 0 Å². The Kier molecular flexibility index (Phi) is 7.03. The zero-order chi connectivity index (χ0) is 10.9. The first kappa shape index (κ1) is 13.0. The second kappa shape index (κ2) is 8.12. The van der Waals surface area contributed by atoms with Crippen LogP contribution in [0.4, 0.5) is 0 Å². The Morgan fingerprint density at radius 3 is 2.67 bits per heavy atom. The fourth-order valence-corrected chi connectivity index (χ4v) is 2.63. The van der Waals surface area contributed by atoms with E-state index in [9.17, 15) is 0 Å². The first-order valence-corrected chi connectivity index (χ1v) is 6.82. The average molecular weight is 212 g/mol. The van der Waals surface area contributed by atoms with Crippen molar-refractivity contribution in [1.82, 2.24) is 4.90 Å². The number of unbranched alkanes of at least 4 members (excludes halogenated alkanes) is 3. The predicted molar refractivity (Wildman–Crippen MR) is 67.0 cm³/mol. The Morgan fingerprint density at radius 2 is 1.93 bits per heavy atom. The van der Waals surface area contributed by atoms with Gasteiger partial charge in [0.15, 0.2) is 0 Å². The fourth-order valence-electron chi connectivity index (χ4n) is 2.63. The van der Waals surface area contributed by atoms with Crippen molar-refractivity contribution in [3.63, 3.8) is 0 Å². The molecule has 0 aromatic rings. The van der Waals surface area contributed by atoms with Gasteiger partial charge in [0.2, 0.25) is 0 Å². The molecule has 0 saturated carbocycles. The van der Waals surface area contributed by atoms with Gasteiger partial charge in [0.05, 0.1) is 0 Å². The van der Waals surface area contributed by atoms with Gasteiger partial charge in [-0.15, -0.1) is 0 Å². The van der Waals surface area contributed by atoms with Gasteiger partial charge < -0.3 is 10.6 Å². The second-order valence-corrected chi connectivity index (χ2v) is 4.80. The number of hydrogen-bond donors (Lipinski definition) is 1. The third-order valence-corrected chi connectivity index (χ3v) is 3.62. The first-order chi connectivity index (χ1) is 7.38. The molecule has 1 atom stereocenters. The summed E-state index contributed by atoms with van der Waals surface area (Å²) in [5.41, 5.74) is 5.49. The molecule has 90 valence electrons. The zero-order valence-corrected chi connectivity index (χ0v) is 10.4. The summed E-state index contributed by atoms with van der Waals surface area (Å²) in [6.07, 6.45) is 10.9. The standard InChI is InChI=1S/C13H28N2/c1-2-13-9-5-8-12-15(13)11-7-4-3-6-10-14/h13H,2-12,14H2,1H3/t13-/m1/s1. The van der Waals surface area contributed by atoms with Gasteiger partial charge in [0.1, 0.15) is 0 Å². The van der Waals surface area contributed by atoms with Crippen LogP contribution in [0.25, 0.3) is 0 Å². The molecule has 0 amide bonds. The summed E-state index contributed by atoms with van der Waals surface area (Å²) in [4.78, 5) is 2.71. The molecule has 1 fully saturated rings. The Labute approximate surface area is 95.2 Å². The van der Waals surface area contributed by atoms with Crippen LogP contribution in [0.3, 0.4) is 0 Å². The van der Waals surface area contributed by atoms with E-state index in [1.54, 1.807) is 0 Å². The molecular formula is C13H28N2. The molecule has 15 heavy (non-hydrogen) atoms. The fraction of sp³-hybridized carbons (Fsp3) is 1.00. The van der Waals surface area contributed by atoms with Gasteiger partial charge in [-0.1, -0.05) is 26.2 Å². The molecule has 1 rings (SSSR count). The van der Waals surface area contributed by atoms with Gasteiger partial charge in [-0.2, -0.15) is 0 Å². The van der Waals surface area contributed by atoms with Crippen LogP contribution in [0.15, 0.2) is 0 Å². The molecule has 0 spiro atoms. The lowest BCUT2D eigenvalue weighted by Gasteiger charge is -2.35.